The molecule has 1 heterocycles. The van der Waals surface area contributed by atoms with Gasteiger partial charge in [-0.15, -0.1) is 0 Å². The fourth-order valence-electron chi connectivity index (χ4n) is 3.11. The fraction of sp³-hybridized carbons (Fsp3) is 0.923. The lowest BCUT2D eigenvalue weighted by molar-refractivity contribution is 0.0708. The Balaban J connectivity index is 1.87. The van der Waals surface area contributed by atoms with Gasteiger partial charge in [0.25, 0.3) is 0 Å². The third-order valence-corrected chi connectivity index (χ3v) is 4.16. The van der Waals surface area contributed by atoms with Crippen LogP contribution >= 0.6 is 0 Å². The standard InChI is InChI=1S/C13H25N2/c1-11-4-5-13(12(2)10-11)15-8-6-14(3)7-9-15/h10-13H,4-9H2,1-3H3. The maximum Gasteiger partial charge on any atom is 0.0125 e. The van der Waals surface area contributed by atoms with Gasteiger partial charge < -0.3 is 4.90 Å². The first-order chi connectivity index (χ1) is 7.16. The fourth-order valence-corrected chi connectivity index (χ4v) is 3.11. The lowest BCUT2D eigenvalue weighted by Crippen LogP contribution is -2.52. The van der Waals surface area contributed by atoms with Gasteiger partial charge in [-0.2, -0.15) is 0 Å². The Morgan fingerprint density at radius 2 is 1.67 bits per heavy atom. The number of hydrogen-bond acceptors (Lipinski definition) is 2. The highest BCUT2D eigenvalue weighted by Gasteiger charge is 2.31. The van der Waals surface area contributed by atoms with Gasteiger partial charge in [-0.05, 0) is 38.1 Å². The largest absolute Gasteiger partial charge is 0.304 e. The molecule has 87 valence electrons. The van der Waals surface area contributed by atoms with E-state index in [9.17, 15) is 0 Å². The van der Waals surface area contributed by atoms with Crippen molar-refractivity contribution in [1.29, 1.82) is 0 Å². The average molecular weight is 209 g/mol. The number of piperazine rings is 1. The number of hydrogen-bond donors (Lipinski definition) is 0. The maximum absolute atomic E-state index is 2.72. The summed E-state index contributed by atoms with van der Waals surface area (Å²) in [6.45, 7) is 9.80. The lowest BCUT2D eigenvalue weighted by atomic mass is 9.79. The summed E-state index contributed by atoms with van der Waals surface area (Å²) in [4.78, 5) is 5.16. The van der Waals surface area contributed by atoms with Gasteiger partial charge in [-0.3, -0.25) is 4.90 Å². The van der Waals surface area contributed by atoms with Crippen LogP contribution in [0.5, 0.6) is 0 Å². The minimum atomic E-state index is 0.789. The molecule has 3 atom stereocenters. The maximum atomic E-state index is 2.72. The molecule has 2 fully saturated rings. The van der Waals surface area contributed by atoms with Crippen molar-refractivity contribution in [1.82, 2.24) is 9.80 Å². The van der Waals surface area contributed by atoms with E-state index in [4.69, 9.17) is 0 Å². The van der Waals surface area contributed by atoms with Crippen LogP contribution in [0, 0.1) is 18.3 Å². The van der Waals surface area contributed by atoms with Crippen LogP contribution in [0.15, 0.2) is 0 Å². The van der Waals surface area contributed by atoms with Crippen molar-refractivity contribution >= 4 is 0 Å². The Morgan fingerprint density at radius 3 is 2.27 bits per heavy atom. The monoisotopic (exact) mass is 209 g/mol. The summed E-state index contributed by atoms with van der Waals surface area (Å²) in [5, 5.41) is 0. The second-order valence-corrected chi connectivity index (χ2v) is 5.51. The molecule has 1 aliphatic carbocycles. The average Bonchev–Trinajstić information content (AvgIpc) is 2.20. The van der Waals surface area contributed by atoms with Crippen molar-refractivity contribution in [2.45, 2.75) is 32.7 Å². The smallest absolute Gasteiger partial charge is 0.0125 e. The van der Waals surface area contributed by atoms with E-state index in [-0.39, 0.29) is 0 Å². The molecule has 0 aromatic carbocycles. The van der Waals surface area contributed by atoms with Gasteiger partial charge >= 0.3 is 0 Å². The van der Waals surface area contributed by atoms with Crippen LogP contribution in [0.4, 0.5) is 0 Å². The Labute approximate surface area is 94.6 Å². The molecule has 2 aliphatic rings. The van der Waals surface area contributed by atoms with E-state index < -0.39 is 0 Å². The lowest BCUT2D eigenvalue weighted by Gasteiger charge is -2.43. The molecule has 0 N–H and O–H groups in total. The summed E-state index contributed by atoms with van der Waals surface area (Å²) in [5.74, 6) is 1.63. The second kappa shape index (κ2) is 4.84. The first kappa shape index (κ1) is 11.4. The van der Waals surface area contributed by atoms with Crippen molar-refractivity contribution < 1.29 is 0 Å². The summed E-state index contributed by atoms with van der Waals surface area (Å²) >= 11 is 0. The topological polar surface area (TPSA) is 6.48 Å². The Morgan fingerprint density at radius 1 is 1.00 bits per heavy atom. The molecule has 0 aromatic rings. The van der Waals surface area contributed by atoms with Crippen LogP contribution in [0.3, 0.4) is 0 Å². The van der Waals surface area contributed by atoms with Crippen LogP contribution in [-0.2, 0) is 0 Å². The second-order valence-electron chi connectivity index (χ2n) is 5.51. The molecule has 1 saturated heterocycles. The van der Waals surface area contributed by atoms with Crippen molar-refractivity contribution in [3.63, 3.8) is 0 Å². The highest BCUT2D eigenvalue weighted by Crippen LogP contribution is 2.31. The first-order valence-corrected chi connectivity index (χ1v) is 6.44. The molecule has 15 heavy (non-hydrogen) atoms. The van der Waals surface area contributed by atoms with Crippen molar-refractivity contribution in [2.24, 2.45) is 11.8 Å². The first-order valence-electron chi connectivity index (χ1n) is 6.44. The van der Waals surface area contributed by atoms with E-state index in [1.54, 1.807) is 0 Å². The molecule has 2 heteroatoms. The summed E-state index contributed by atoms with van der Waals surface area (Å²) in [7, 11) is 2.23. The molecular formula is C13H25N2. The van der Waals surface area contributed by atoms with E-state index in [2.05, 4.69) is 37.1 Å². The van der Waals surface area contributed by atoms with Gasteiger partial charge in [0.1, 0.15) is 0 Å². The SMILES string of the molecule is CC1[CH]C(C)C(N2CCN(C)CC2)CC1. The quantitative estimate of drug-likeness (QED) is 0.650. The molecule has 2 rings (SSSR count). The summed E-state index contributed by atoms with van der Waals surface area (Å²) in [6.07, 6.45) is 5.36. The van der Waals surface area contributed by atoms with E-state index >= 15 is 0 Å². The summed E-state index contributed by atoms with van der Waals surface area (Å²) < 4.78 is 0. The van der Waals surface area contributed by atoms with Gasteiger partial charge in [-0.1, -0.05) is 13.8 Å². The minimum Gasteiger partial charge on any atom is -0.304 e. The predicted molar refractivity (Wildman–Crippen MR) is 64.7 cm³/mol. The number of rotatable bonds is 1. The third kappa shape index (κ3) is 2.73. The Bertz CT molecular complexity index is 197. The van der Waals surface area contributed by atoms with E-state index in [0.717, 1.165) is 17.9 Å². The molecular weight excluding hydrogens is 184 g/mol. The van der Waals surface area contributed by atoms with Crippen LogP contribution in [-0.4, -0.2) is 49.1 Å². The third-order valence-electron chi connectivity index (χ3n) is 4.16. The minimum absolute atomic E-state index is 0.789. The van der Waals surface area contributed by atoms with Crippen LogP contribution in [0.1, 0.15) is 26.7 Å². The molecule has 3 unspecified atom stereocenters. The van der Waals surface area contributed by atoms with E-state index in [1.807, 2.05) is 0 Å². The summed E-state index contributed by atoms with van der Waals surface area (Å²) in [5.41, 5.74) is 0. The number of likely N-dealkylation sites (N-methyl/N-ethyl adjacent to an activating group) is 1. The molecule has 0 aromatic heterocycles. The number of nitrogens with zero attached hydrogens (tertiary/aromatic N) is 2. The Kier molecular flexibility index (Phi) is 3.68. The molecule has 1 aliphatic heterocycles. The normalized spacial score (nSPS) is 40.6. The molecule has 1 radical (unpaired) electrons. The predicted octanol–water partition coefficient (Wildman–Crippen LogP) is 1.87. The van der Waals surface area contributed by atoms with Crippen LogP contribution in [0.2, 0.25) is 0 Å². The molecule has 0 bridgehead atoms. The molecule has 0 spiro atoms. The van der Waals surface area contributed by atoms with Crippen molar-refractivity contribution in [3.8, 4) is 0 Å². The van der Waals surface area contributed by atoms with Crippen LogP contribution in [0.25, 0.3) is 0 Å². The zero-order chi connectivity index (χ0) is 10.8. The highest BCUT2D eigenvalue weighted by atomic mass is 15.3. The van der Waals surface area contributed by atoms with Gasteiger partial charge in [-0.25, -0.2) is 0 Å². The zero-order valence-corrected chi connectivity index (χ0v) is 10.4. The van der Waals surface area contributed by atoms with E-state index in [1.165, 1.54) is 39.0 Å². The molecule has 2 nitrogen and oxygen atoms in total. The van der Waals surface area contributed by atoms with E-state index in [0.29, 0.717) is 0 Å². The molecule has 0 amide bonds. The van der Waals surface area contributed by atoms with Crippen molar-refractivity contribution in [3.05, 3.63) is 6.42 Å². The highest BCUT2D eigenvalue weighted by molar-refractivity contribution is 4.94. The van der Waals surface area contributed by atoms with Gasteiger partial charge in [0.15, 0.2) is 0 Å². The van der Waals surface area contributed by atoms with Gasteiger partial charge in [0, 0.05) is 32.2 Å². The van der Waals surface area contributed by atoms with Crippen molar-refractivity contribution in [2.75, 3.05) is 33.2 Å². The summed E-state index contributed by atoms with van der Waals surface area (Å²) in [6, 6.07) is 0.829. The Hall–Kier alpha value is -0.0800. The molecule has 1 saturated carbocycles. The zero-order valence-electron chi connectivity index (χ0n) is 10.4. The van der Waals surface area contributed by atoms with Crippen LogP contribution < -0.4 is 0 Å². The van der Waals surface area contributed by atoms with Gasteiger partial charge in [0.2, 0.25) is 0 Å². The van der Waals surface area contributed by atoms with Gasteiger partial charge in [0.05, 0.1) is 0 Å².